The molecule has 17 heavy (non-hydrogen) atoms. The number of carbonyl (C=O) groups is 1. The molecule has 0 spiro atoms. The van der Waals surface area contributed by atoms with E-state index in [0.29, 0.717) is 5.76 Å². The third-order valence-electron chi connectivity index (χ3n) is 2.38. The number of rotatable bonds is 2. The zero-order chi connectivity index (χ0) is 11.8. The Bertz CT molecular complexity index is 701. The summed E-state index contributed by atoms with van der Waals surface area (Å²) in [6.07, 6.45) is 1.76. The molecule has 0 aliphatic heterocycles. The van der Waals surface area contributed by atoms with Crippen LogP contribution in [0, 0.1) is 0 Å². The maximum Gasteiger partial charge on any atom is 0.358 e. The molecule has 0 saturated carbocycles. The van der Waals surface area contributed by atoms with Crippen molar-refractivity contribution in [3.05, 3.63) is 36.2 Å². The molecule has 1 aromatic carbocycles. The molecule has 0 aliphatic rings. The number of hydrogen-bond donors (Lipinski definition) is 1. The number of aromatic carboxylic acids is 1. The van der Waals surface area contributed by atoms with E-state index in [1.807, 2.05) is 18.2 Å². The van der Waals surface area contributed by atoms with Gasteiger partial charge >= 0.3 is 5.97 Å². The molecule has 0 bridgehead atoms. The molecular weight excluding hydrogens is 240 g/mol. The van der Waals surface area contributed by atoms with Crippen molar-refractivity contribution >= 4 is 27.6 Å². The molecule has 84 valence electrons. The van der Waals surface area contributed by atoms with Crippen LogP contribution in [0.3, 0.4) is 0 Å². The minimum Gasteiger partial charge on any atom is -0.476 e. The SMILES string of the molecule is O=C(O)c1cc(-c2cccc3cnsc23)on1. The van der Waals surface area contributed by atoms with Gasteiger partial charge in [0.15, 0.2) is 11.5 Å². The maximum atomic E-state index is 10.7. The van der Waals surface area contributed by atoms with Gasteiger partial charge in [-0.15, -0.1) is 0 Å². The predicted octanol–water partition coefficient (Wildman–Crippen LogP) is 2.65. The van der Waals surface area contributed by atoms with E-state index in [-0.39, 0.29) is 5.69 Å². The Balaban J connectivity index is 2.19. The van der Waals surface area contributed by atoms with E-state index >= 15 is 0 Å². The Morgan fingerprint density at radius 1 is 1.41 bits per heavy atom. The van der Waals surface area contributed by atoms with Crippen LogP contribution in [-0.4, -0.2) is 20.6 Å². The fraction of sp³-hybridized carbons (Fsp3) is 0. The third kappa shape index (κ3) is 1.58. The van der Waals surface area contributed by atoms with Crippen molar-refractivity contribution in [3.63, 3.8) is 0 Å². The molecule has 2 heterocycles. The molecule has 0 unspecified atom stereocenters. The van der Waals surface area contributed by atoms with Gasteiger partial charge in [-0.3, -0.25) is 0 Å². The lowest BCUT2D eigenvalue weighted by Crippen LogP contribution is -1.94. The maximum absolute atomic E-state index is 10.7. The molecule has 6 heteroatoms. The first kappa shape index (κ1) is 9.98. The van der Waals surface area contributed by atoms with Crippen LogP contribution in [0.1, 0.15) is 10.5 Å². The van der Waals surface area contributed by atoms with Crippen molar-refractivity contribution in [2.75, 3.05) is 0 Å². The molecule has 0 atom stereocenters. The minimum atomic E-state index is -1.10. The number of aromatic nitrogens is 2. The summed E-state index contributed by atoms with van der Waals surface area (Å²) < 4.78 is 10.1. The Morgan fingerprint density at radius 3 is 3.06 bits per heavy atom. The first-order valence-electron chi connectivity index (χ1n) is 4.79. The number of carboxylic acids is 1. The highest BCUT2D eigenvalue weighted by molar-refractivity contribution is 7.13. The smallest absolute Gasteiger partial charge is 0.358 e. The highest BCUT2D eigenvalue weighted by Gasteiger charge is 2.14. The molecule has 0 amide bonds. The molecule has 0 saturated heterocycles. The summed E-state index contributed by atoms with van der Waals surface area (Å²) in [6, 6.07) is 7.08. The van der Waals surface area contributed by atoms with Crippen molar-refractivity contribution in [3.8, 4) is 11.3 Å². The minimum absolute atomic E-state index is 0.0958. The molecule has 3 aromatic rings. The number of hydrogen-bond acceptors (Lipinski definition) is 5. The van der Waals surface area contributed by atoms with Crippen molar-refractivity contribution in [2.24, 2.45) is 0 Å². The molecule has 3 rings (SSSR count). The van der Waals surface area contributed by atoms with Crippen LogP contribution in [-0.2, 0) is 0 Å². The second-order valence-electron chi connectivity index (χ2n) is 3.43. The molecule has 5 nitrogen and oxygen atoms in total. The standard InChI is InChI=1S/C11H6N2O3S/c14-11(15)8-4-9(16-13-8)7-3-1-2-6-5-12-17-10(6)7/h1-5H,(H,14,15). The van der Waals surface area contributed by atoms with Crippen LogP contribution in [0.2, 0.25) is 0 Å². The van der Waals surface area contributed by atoms with Crippen LogP contribution in [0.25, 0.3) is 21.4 Å². The molecule has 1 N–H and O–H groups in total. The fourth-order valence-electron chi connectivity index (χ4n) is 1.59. The summed E-state index contributed by atoms with van der Waals surface area (Å²) in [4.78, 5) is 10.7. The van der Waals surface area contributed by atoms with E-state index in [2.05, 4.69) is 9.53 Å². The summed E-state index contributed by atoms with van der Waals surface area (Å²) in [5.74, 6) is -0.659. The van der Waals surface area contributed by atoms with Crippen molar-refractivity contribution in [2.45, 2.75) is 0 Å². The van der Waals surface area contributed by atoms with Gasteiger partial charge in [-0.25, -0.2) is 4.79 Å². The van der Waals surface area contributed by atoms with E-state index in [1.54, 1.807) is 6.20 Å². The topological polar surface area (TPSA) is 76.2 Å². The predicted molar refractivity (Wildman–Crippen MR) is 62.1 cm³/mol. The first-order chi connectivity index (χ1) is 8.25. The Morgan fingerprint density at radius 2 is 2.29 bits per heavy atom. The molecular formula is C11H6N2O3S. The number of nitrogens with zero attached hydrogens (tertiary/aromatic N) is 2. The third-order valence-corrected chi connectivity index (χ3v) is 3.23. The zero-order valence-electron chi connectivity index (χ0n) is 8.45. The lowest BCUT2D eigenvalue weighted by molar-refractivity contribution is 0.0686. The normalized spacial score (nSPS) is 10.8. The zero-order valence-corrected chi connectivity index (χ0v) is 9.27. The van der Waals surface area contributed by atoms with E-state index in [0.717, 1.165) is 15.6 Å². The first-order valence-corrected chi connectivity index (χ1v) is 5.57. The average molecular weight is 246 g/mol. The molecule has 0 fully saturated rings. The van der Waals surface area contributed by atoms with Crippen LogP contribution in [0.15, 0.2) is 35.0 Å². The van der Waals surface area contributed by atoms with Gasteiger partial charge in [-0.2, -0.15) is 4.37 Å². The van der Waals surface area contributed by atoms with Crippen molar-refractivity contribution in [1.29, 1.82) is 0 Å². The summed E-state index contributed by atoms with van der Waals surface area (Å²) in [7, 11) is 0. The van der Waals surface area contributed by atoms with E-state index in [9.17, 15) is 4.79 Å². The largest absolute Gasteiger partial charge is 0.476 e. The van der Waals surface area contributed by atoms with Crippen molar-refractivity contribution in [1.82, 2.24) is 9.53 Å². The Kier molecular flexibility index (Phi) is 2.15. The molecule has 2 aromatic heterocycles. The van der Waals surface area contributed by atoms with Gasteiger partial charge in [-0.1, -0.05) is 17.3 Å². The summed E-state index contributed by atoms with van der Waals surface area (Å²) >= 11 is 1.34. The van der Waals surface area contributed by atoms with Gasteiger partial charge in [0.25, 0.3) is 0 Å². The van der Waals surface area contributed by atoms with Crippen LogP contribution < -0.4 is 0 Å². The van der Waals surface area contributed by atoms with Gasteiger partial charge in [0.05, 0.1) is 4.70 Å². The summed E-state index contributed by atoms with van der Waals surface area (Å²) in [5.41, 5.74) is 0.714. The van der Waals surface area contributed by atoms with E-state index < -0.39 is 5.97 Å². The van der Waals surface area contributed by atoms with Gasteiger partial charge in [0, 0.05) is 23.2 Å². The lowest BCUT2D eigenvalue weighted by Gasteiger charge is -1.95. The number of benzene rings is 1. The highest BCUT2D eigenvalue weighted by Crippen LogP contribution is 2.31. The monoisotopic (exact) mass is 246 g/mol. The van der Waals surface area contributed by atoms with Crippen LogP contribution in [0.5, 0.6) is 0 Å². The summed E-state index contributed by atoms with van der Waals surface area (Å²) in [5, 5.41) is 13.3. The van der Waals surface area contributed by atoms with E-state index in [1.165, 1.54) is 17.6 Å². The Hall–Kier alpha value is -2.21. The van der Waals surface area contributed by atoms with Crippen LogP contribution in [0.4, 0.5) is 0 Å². The van der Waals surface area contributed by atoms with Crippen molar-refractivity contribution < 1.29 is 14.4 Å². The van der Waals surface area contributed by atoms with Gasteiger partial charge in [0.1, 0.15) is 0 Å². The van der Waals surface area contributed by atoms with Gasteiger partial charge < -0.3 is 9.63 Å². The molecule has 0 aliphatic carbocycles. The fourth-order valence-corrected chi connectivity index (χ4v) is 2.36. The quantitative estimate of drug-likeness (QED) is 0.752. The number of carboxylic acid groups (broad SMARTS) is 1. The van der Waals surface area contributed by atoms with Gasteiger partial charge in [0.2, 0.25) is 0 Å². The average Bonchev–Trinajstić information content (AvgIpc) is 2.97. The van der Waals surface area contributed by atoms with Gasteiger partial charge in [-0.05, 0) is 17.6 Å². The Labute approximate surface area is 99.5 Å². The summed E-state index contributed by atoms with van der Waals surface area (Å²) in [6.45, 7) is 0. The molecule has 0 radical (unpaired) electrons. The highest BCUT2D eigenvalue weighted by atomic mass is 32.1. The lowest BCUT2D eigenvalue weighted by atomic mass is 10.1. The van der Waals surface area contributed by atoms with Crippen LogP contribution >= 0.6 is 11.5 Å². The number of fused-ring (bicyclic) bond motifs is 1. The second-order valence-corrected chi connectivity index (χ2v) is 4.23. The van der Waals surface area contributed by atoms with E-state index in [4.69, 9.17) is 9.63 Å². The second kappa shape index (κ2) is 3.67.